The van der Waals surface area contributed by atoms with Crippen molar-refractivity contribution in [1.29, 1.82) is 0 Å². The first kappa shape index (κ1) is 12.0. The third kappa shape index (κ3) is 4.10. The molecule has 0 bridgehead atoms. The van der Waals surface area contributed by atoms with Gasteiger partial charge >= 0.3 is 0 Å². The van der Waals surface area contributed by atoms with E-state index in [0.717, 1.165) is 6.42 Å². The van der Waals surface area contributed by atoms with E-state index in [2.05, 4.69) is 20.8 Å². The molecule has 0 amide bonds. The average Bonchev–Trinajstić information content (AvgIpc) is 1.97. The summed E-state index contributed by atoms with van der Waals surface area (Å²) in [5, 5.41) is 9.64. The van der Waals surface area contributed by atoms with Crippen molar-refractivity contribution < 1.29 is 5.11 Å². The van der Waals surface area contributed by atoms with Gasteiger partial charge < -0.3 is 5.11 Å². The van der Waals surface area contributed by atoms with Gasteiger partial charge in [-0.25, -0.2) is 0 Å². The molecule has 1 nitrogen and oxygen atoms in total. The smallest absolute Gasteiger partial charge is 0.0645 e. The molecule has 2 atom stereocenters. The van der Waals surface area contributed by atoms with Crippen molar-refractivity contribution in [3.05, 3.63) is 0 Å². The second kappa shape index (κ2) is 5.58. The molecular formula is C11H24O. The van der Waals surface area contributed by atoms with Crippen molar-refractivity contribution in [2.45, 2.75) is 65.4 Å². The minimum Gasteiger partial charge on any atom is -0.390 e. The fourth-order valence-electron chi connectivity index (χ4n) is 1.49. The standard InChI is InChI=1S/C8H16O.C3H8/c1-7-5-3-4-6-8(7,2)9;1-3-2/h7,9H,3-6H2,1-2H3;3H2,1-2H3/t7-,8+;/m0./s1. The molecule has 1 rings (SSSR count). The van der Waals surface area contributed by atoms with Crippen LogP contribution in [0.5, 0.6) is 0 Å². The Morgan fingerprint density at radius 3 is 2.08 bits per heavy atom. The van der Waals surface area contributed by atoms with Crippen LogP contribution >= 0.6 is 0 Å². The van der Waals surface area contributed by atoms with Gasteiger partial charge in [0.1, 0.15) is 0 Å². The molecular weight excluding hydrogens is 148 g/mol. The van der Waals surface area contributed by atoms with E-state index in [-0.39, 0.29) is 5.60 Å². The Hall–Kier alpha value is -0.0400. The van der Waals surface area contributed by atoms with Crippen molar-refractivity contribution in [1.82, 2.24) is 0 Å². The molecule has 0 spiro atoms. The minimum absolute atomic E-state index is 0.363. The lowest BCUT2D eigenvalue weighted by Crippen LogP contribution is -2.35. The highest BCUT2D eigenvalue weighted by molar-refractivity contribution is 4.82. The van der Waals surface area contributed by atoms with Gasteiger partial charge in [0.05, 0.1) is 5.60 Å². The van der Waals surface area contributed by atoms with E-state index in [1.54, 1.807) is 0 Å². The molecule has 1 fully saturated rings. The molecule has 0 aromatic carbocycles. The van der Waals surface area contributed by atoms with Gasteiger partial charge in [-0.05, 0) is 25.7 Å². The van der Waals surface area contributed by atoms with Gasteiger partial charge in [0.15, 0.2) is 0 Å². The molecule has 0 aliphatic heterocycles. The maximum atomic E-state index is 9.64. The summed E-state index contributed by atoms with van der Waals surface area (Å²) in [6, 6.07) is 0. The molecule has 12 heavy (non-hydrogen) atoms. The van der Waals surface area contributed by atoms with Crippen LogP contribution in [0.25, 0.3) is 0 Å². The lowest BCUT2D eigenvalue weighted by molar-refractivity contribution is -0.0239. The van der Waals surface area contributed by atoms with Gasteiger partial charge in [0, 0.05) is 0 Å². The van der Waals surface area contributed by atoms with E-state index >= 15 is 0 Å². The Morgan fingerprint density at radius 2 is 1.83 bits per heavy atom. The molecule has 1 saturated carbocycles. The van der Waals surface area contributed by atoms with Crippen LogP contribution in [0.15, 0.2) is 0 Å². The zero-order chi connectivity index (χ0) is 9.61. The van der Waals surface area contributed by atoms with E-state index in [4.69, 9.17) is 0 Å². The highest BCUT2D eigenvalue weighted by Gasteiger charge is 2.30. The van der Waals surface area contributed by atoms with E-state index in [1.165, 1.54) is 25.7 Å². The summed E-state index contributed by atoms with van der Waals surface area (Å²) >= 11 is 0. The van der Waals surface area contributed by atoms with E-state index < -0.39 is 0 Å². The predicted molar refractivity (Wildman–Crippen MR) is 54.2 cm³/mol. The average molecular weight is 172 g/mol. The fourth-order valence-corrected chi connectivity index (χ4v) is 1.49. The fraction of sp³-hybridized carbons (Fsp3) is 1.00. The first-order valence-corrected chi connectivity index (χ1v) is 5.27. The molecule has 1 aliphatic rings. The van der Waals surface area contributed by atoms with Crippen LogP contribution in [0.2, 0.25) is 0 Å². The molecule has 1 aliphatic carbocycles. The molecule has 0 aromatic heterocycles. The summed E-state index contributed by atoms with van der Waals surface area (Å²) in [7, 11) is 0. The summed E-state index contributed by atoms with van der Waals surface area (Å²) in [5.41, 5.74) is -0.363. The highest BCUT2D eigenvalue weighted by atomic mass is 16.3. The Balaban J connectivity index is 0.000000354. The maximum Gasteiger partial charge on any atom is 0.0645 e. The topological polar surface area (TPSA) is 20.2 Å². The molecule has 1 heteroatoms. The highest BCUT2D eigenvalue weighted by Crippen LogP contribution is 2.32. The van der Waals surface area contributed by atoms with Crippen LogP contribution in [-0.2, 0) is 0 Å². The van der Waals surface area contributed by atoms with Gasteiger partial charge in [0.2, 0.25) is 0 Å². The molecule has 74 valence electrons. The third-order valence-electron chi connectivity index (χ3n) is 2.63. The summed E-state index contributed by atoms with van der Waals surface area (Å²) < 4.78 is 0. The van der Waals surface area contributed by atoms with Gasteiger partial charge in [-0.1, -0.05) is 40.0 Å². The first-order chi connectivity index (χ1) is 5.54. The largest absolute Gasteiger partial charge is 0.390 e. The zero-order valence-electron chi connectivity index (χ0n) is 9.06. The van der Waals surface area contributed by atoms with E-state index in [9.17, 15) is 5.11 Å². The van der Waals surface area contributed by atoms with Gasteiger partial charge in [-0.15, -0.1) is 0 Å². The van der Waals surface area contributed by atoms with Crippen LogP contribution in [0, 0.1) is 5.92 Å². The maximum absolute atomic E-state index is 9.64. The Bertz CT molecular complexity index is 108. The van der Waals surface area contributed by atoms with Crippen LogP contribution < -0.4 is 0 Å². The first-order valence-electron chi connectivity index (χ1n) is 5.27. The molecule has 0 aromatic rings. The lowest BCUT2D eigenvalue weighted by Gasteiger charge is -2.34. The van der Waals surface area contributed by atoms with Crippen LogP contribution in [0.4, 0.5) is 0 Å². The molecule has 0 saturated heterocycles. The Kier molecular flexibility index (Phi) is 5.56. The van der Waals surface area contributed by atoms with Crippen molar-refractivity contribution in [3.8, 4) is 0 Å². The third-order valence-corrected chi connectivity index (χ3v) is 2.63. The summed E-state index contributed by atoms with van der Waals surface area (Å²) in [4.78, 5) is 0. The number of rotatable bonds is 0. The molecule has 0 unspecified atom stereocenters. The number of hydrogen-bond donors (Lipinski definition) is 1. The van der Waals surface area contributed by atoms with Crippen molar-refractivity contribution in [3.63, 3.8) is 0 Å². The monoisotopic (exact) mass is 172 g/mol. The summed E-state index contributed by atoms with van der Waals surface area (Å²) in [5.74, 6) is 0.506. The van der Waals surface area contributed by atoms with Crippen LogP contribution in [-0.4, -0.2) is 10.7 Å². The molecule has 1 N–H and O–H groups in total. The quantitative estimate of drug-likeness (QED) is 0.594. The zero-order valence-corrected chi connectivity index (χ0v) is 9.06. The second-order valence-electron chi connectivity index (χ2n) is 4.21. The Morgan fingerprint density at radius 1 is 1.33 bits per heavy atom. The van der Waals surface area contributed by atoms with Crippen LogP contribution in [0.1, 0.15) is 59.8 Å². The van der Waals surface area contributed by atoms with E-state index in [1.807, 2.05) is 6.92 Å². The summed E-state index contributed by atoms with van der Waals surface area (Å²) in [6.45, 7) is 8.34. The molecule has 0 heterocycles. The number of aliphatic hydroxyl groups is 1. The summed E-state index contributed by atoms with van der Waals surface area (Å²) in [6.07, 6.45) is 5.95. The van der Waals surface area contributed by atoms with Crippen molar-refractivity contribution >= 4 is 0 Å². The SMILES string of the molecule is CCC.C[C@H]1CCCC[C@@]1(C)O. The lowest BCUT2D eigenvalue weighted by atomic mass is 9.78. The van der Waals surface area contributed by atoms with Gasteiger partial charge in [-0.3, -0.25) is 0 Å². The Labute approximate surface area is 77.2 Å². The molecule has 0 radical (unpaired) electrons. The predicted octanol–water partition coefficient (Wildman–Crippen LogP) is 3.36. The van der Waals surface area contributed by atoms with Crippen molar-refractivity contribution in [2.24, 2.45) is 5.92 Å². The van der Waals surface area contributed by atoms with Crippen molar-refractivity contribution in [2.75, 3.05) is 0 Å². The van der Waals surface area contributed by atoms with Crippen LogP contribution in [0.3, 0.4) is 0 Å². The van der Waals surface area contributed by atoms with Gasteiger partial charge in [-0.2, -0.15) is 0 Å². The number of hydrogen-bond acceptors (Lipinski definition) is 1. The normalized spacial score (nSPS) is 35.2. The van der Waals surface area contributed by atoms with Gasteiger partial charge in [0.25, 0.3) is 0 Å². The second-order valence-corrected chi connectivity index (χ2v) is 4.21. The minimum atomic E-state index is -0.363. The van der Waals surface area contributed by atoms with E-state index in [0.29, 0.717) is 5.92 Å².